The molecule has 0 aromatic carbocycles. The molecule has 0 bridgehead atoms. The highest BCUT2D eigenvalue weighted by molar-refractivity contribution is 7.89. The van der Waals surface area contributed by atoms with Gasteiger partial charge in [0.05, 0.1) is 4.90 Å². The Bertz CT molecular complexity index is 550. The molecule has 1 fully saturated rings. The molecule has 1 saturated heterocycles. The van der Waals surface area contributed by atoms with E-state index in [0.29, 0.717) is 19.5 Å². The average molecular weight is 271 g/mol. The fourth-order valence-electron chi connectivity index (χ4n) is 2.14. The summed E-state index contributed by atoms with van der Waals surface area (Å²) in [5, 5.41) is 2.69. The molecular formula is C11H17N3O3S. The molecule has 18 heavy (non-hydrogen) atoms. The van der Waals surface area contributed by atoms with Gasteiger partial charge in [0, 0.05) is 32.5 Å². The Kier molecular flexibility index (Phi) is 3.45. The lowest BCUT2D eigenvalue weighted by atomic mass is 10.2. The number of piperazine rings is 1. The smallest absolute Gasteiger partial charge is 0.245 e. The first-order valence-corrected chi connectivity index (χ1v) is 7.32. The van der Waals surface area contributed by atoms with Crippen LogP contribution in [-0.2, 0) is 21.9 Å². The van der Waals surface area contributed by atoms with Gasteiger partial charge in [-0.25, -0.2) is 8.42 Å². The number of aryl methyl sites for hydroxylation is 1. The van der Waals surface area contributed by atoms with E-state index in [1.54, 1.807) is 30.1 Å². The highest BCUT2D eigenvalue weighted by Crippen LogP contribution is 2.21. The number of carbonyl (C=O) groups excluding carboxylic acids is 1. The first-order chi connectivity index (χ1) is 8.46. The van der Waals surface area contributed by atoms with Crippen LogP contribution >= 0.6 is 0 Å². The Labute approximate surface area is 107 Å². The van der Waals surface area contributed by atoms with Crippen LogP contribution in [-0.4, -0.2) is 42.3 Å². The lowest BCUT2D eigenvalue weighted by Gasteiger charge is -2.33. The number of sulfonamides is 1. The van der Waals surface area contributed by atoms with Gasteiger partial charge in [0.25, 0.3) is 0 Å². The van der Waals surface area contributed by atoms with Crippen molar-refractivity contribution in [1.29, 1.82) is 0 Å². The van der Waals surface area contributed by atoms with Crippen LogP contribution in [0.15, 0.2) is 23.4 Å². The van der Waals surface area contributed by atoms with E-state index < -0.39 is 16.1 Å². The minimum atomic E-state index is -3.58. The maximum Gasteiger partial charge on any atom is 0.245 e. The average Bonchev–Trinajstić information content (AvgIpc) is 2.76. The number of hydrogen-bond acceptors (Lipinski definition) is 3. The predicted molar refractivity (Wildman–Crippen MR) is 66.4 cm³/mol. The van der Waals surface area contributed by atoms with Crippen LogP contribution in [0.3, 0.4) is 0 Å². The Morgan fingerprint density at radius 2 is 2.22 bits per heavy atom. The number of aromatic nitrogens is 1. The van der Waals surface area contributed by atoms with Crippen molar-refractivity contribution in [3.05, 3.63) is 18.5 Å². The number of carbonyl (C=O) groups is 1. The van der Waals surface area contributed by atoms with Crippen molar-refractivity contribution in [2.75, 3.05) is 13.1 Å². The lowest BCUT2D eigenvalue weighted by molar-refractivity contribution is -0.126. The Morgan fingerprint density at radius 1 is 1.50 bits per heavy atom. The van der Waals surface area contributed by atoms with Crippen LogP contribution in [0, 0.1) is 0 Å². The zero-order valence-corrected chi connectivity index (χ0v) is 11.3. The first-order valence-electron chi connectivity index (χ1n) is 5.88. The van der Waals surface area contributed by atoms with Gasteiger partial charge in [-0.1, -0.05) is 6.92 Å². The molecule has 1 atom stereocenters. The summed E-state index contributed by atoms with van der Waals surface area (Å²) in [6.45, 7) is 2.49. The fourth-order valence-corrected chi connectivity index (χ4v) is 3.85. The molecule has 1 unspecified atom stereocenters. The van der Waals surface area contributed by atoms with E-state index in [2.05, 4.69) is 5.32 Å². The van der Waals surface area contributed by atoms with Gasteiger partial charge in [-0.05, 0) is 12.5 Å². The van der Waals surface area contributed by atoms with Gasteiger partial charge in [-0.15, -0.1) is 0 Å². The van der Waals surface area contributed by atoms with Crippen LogP contribution in [0.5, 0.6) is 0 Å². The number of nitrogens with one attached hydrogen (secondary N) is 1. The molecule has 7 heteroatoms. The van der Waals surface area contributed by atoms with Crippen LogP contribution in [0.2, 0.25) is 0 Å². The van der Waals surface area contributed by atoms with Crippen molar-refractivity contribution in [2.45, 2.75) is 24.3 Å². The molecule has 1 aliphatic heterocycles. The highest BCUT2D eigenvalue weighted by Gasteiger charge is 2.37. The summed E-state index contributed by atoms with van der Waals surface area (Å²) >= 11 is 0. The van der Waals surface area contributed by atoms with Crippen molar-refractivity contribution >= 4 is 15.9 Å². The summed E-state index contributed by atoms with van der Waals surface area (Å²) in [5.74, 6) is -0.219. The summed E-state index contributed by atoms with van der Waals surface area (Å²) in [6.07, 6.45) is 3.70. The second kappa shape index (κ2) is 4.74. The zero-order chi connectivity index (χ0) is 13.3. The third kappa shape index (κ3) is 2.15. The molecule has 0 spiro atoms. The molecule has 2 heterocycles. The summed E-state index contributed by atoms with van der Waals surface area (Å²) in [5.41, 5.74) is 0. The maximum atomic E-state index is 12.4. The molecule has 0 aliphatic carbocycles. The van der Waals surface area contributed by atoms with Crippen molar-refractivity contribution in [1.82, 2.24) is 14.2 Å². The van der Waals surface area contributed by atoms with Crippen LogP contribution in [0.25, 0.3) is 0 Å². The minimum absolute atomic E-state index is 0.219. The molecule has 1 N–H and O–H groups in total. The molecule has 0 radical (unpaired) electrons. The largest absolute Gasteiger partial charge is 0.356 e. The monoisotopic (exact) mass is 271 g/mol. The van der Waals surface area contributed by atoms with E-state index in [9.17, 15) is 13.2 Å². The lowest BCUT2D eigenvalue weighted by Crippen LogP contribution is -2.56. The van der Waals surface area contributed by atoms with Crippen LogP contribution < -0.4 is 5.32 Å². The van der Waals surface area contributed by atoms with Gasteiger partial charge in [-0.2, -0.15) is 4.31 Å². The van der Waals surface area contributed by atoms with Gasteiger partial charge >= 0.3 is 0 Å². The zero-order valence-electron chi connectivity index (χ0n) is 10.5. The molecule has 1 aromatic heterocycles. The predicted octanol–water partition coefficient (Wildman–Crippen LogP) is -0.0758. The summed E-state index contributed by atoms with van der Waals surface area (Å²) in [7, 11) is -1.82. The molecule has 6 nitrogen and oxygen atoms in total. The number of rotatable bonds is 3. The standard InChI is InChI=1S/C11H17N3O3S/c1-3-10-11(15)12-5-7-14(10)18(16,17)9-4-6-13(2)8-9/h4,6,8,10H,3,5,7H2,1-2H3,(H,12,15). The third-order valence-electron chi connectivity index (χ3n) is 3.08. The fraction of sp³-hybridized carbons (Fsp3) is 0.545. The SMILES string of the molecule is CCC1C(=O)NCCN1S(=O)(=O)c1ccn(C)c1. The highest BCUT2D eigenvalue weighted by atomic mass is 32.2. The summed E-state index contributed by atoms with van der Waals surface area (Å²) < 4.78 is 27.9. The molecule has 100 valence electrons. The Balaban J connectivity index is 2.37. The molecular weight excluding hydrogens is 254 g/mol. The molecule has 2 rings (SSSR count). The first kappa shape index (κ1) is 13.1. The van der Waals surface area contributed by atoms with Crippen LogP contribution in [0.1, 0.15) is 13.3 Å². The van der Waals surface area contributed by atoms with Crippen LogP contribution in [0.4, 0.5) is 0 Å². The summed E-state index contributed by atoms with van der Waals surface area (Å²) in [6, 6.07) is 0.943. The quantitative estimate of drug-likeness (QED) is 0.836. The molecule has 1 aliphatic rings. The Morgan fingerprint density at radius 3 is 2.78 bits per heavy atom. The molecule has 1 amide bonds. The normalized spacial score (nSPS) is 21.9. The summed E-state index contributed by atoms with van der Waals surface area (Å²) in [4.78, 5) is 11.9. The van der Waals surface area contributed by atoms with Crippen molar-refractivity contribution in [2.24, 2.45) is 7.05 Å². The van der Waals surface area contributed by atoms with E-state index in [1.807, 2.05) is 6.92 Å². The van der Waals surface area contributed by atoms with Gasteiger partial charge in [0.2, 0.25) is 15.9 Å². The van der Waals surface area contributed by atoms with Gasteiger partial charge in [-0.3, -0.25) is 4.79 Å². The molecule has 1 aromatic rings. The van der Waals surface area contributed by atoms with E-state index in [4.69, 9.17) is 0 Å². The maximum absolute atomic E-state index is 12.4. The number of nitrogens with zero attached hydrogens (tertiary/aromatic N) is 2. The van der Waals surface area contributed by atoms with Gasteiger partial charge in [0.1, 0.15) is 6.04 Å². The van der Waals surface area contributed by atoms with E-state index in [-0.39, 0.29) is 10.8 Å². The van der Waals surface area contributed by atoms with E-state index in [1.165, 1.54) is 4.31 Å². The van der Waals surface area contributed by atoms with E-state index in [0.717, 1.165) is 0 Å². The topological polar surface area (TPSA) is 71.4 Å². The van der Waals surface area contributed by atoms with Crippen molar-refractivity contribution < 1.29 is 13.2 Å². The Hall–Kier alpha value is -1.34. The third-order valence-corrected chi connectivity index (χ3v) is 4.97. The number of amides is 1. The van der Waals surface area contributed by atoms with Gasteiger partial charge < -0.3 is 9.88 Å². The second-order valence-electron chi connectivity index (χ2n) is 4.34. The molecule has 0 saturated carbocycles. The minimum Gasteiger partial charge on any atom is -0.356 e. The van der Waals surface area contributed by atoms with Crippen molar-refractivity contribution in [3.8, 4) is 0 Å². The van der Waals surface area contributed by atoms with Crippen molar-refractivity contribution in [3.63, 3.8) is 0 Å². The van der Waals surface area contributed by atoms with E-state index >= 15 is 0 Å². The second-order valence-corrected chi connectivity index (χ2v) is 6.23. The van der Waals surface area contributed by atoms with Gasteiger partial charge in [0.15, 0.2) is 0 Å². The number of hydrogen-bond donors (Lipinski definition) is 1.